The molecule has 33 heavy (non-hydrogen) atoms. The highest BCUT2D eigenvalue weighted by molar-refractivity contribution is 6.46. The van der Waals surface area contributed by atoms with Gasteiger partial charge < -0.3 is 24.2 Å². The smallest absolute Gasteiger partial charge is 0.295 e. The molecule has 2 aromatic carbocycles. The second-order valence-corrected chi connectivity index (χ2v) is 8.24. The van der Waals surface area contributed by atoms with E-state index in [1.54, 1.807) is 42.5 Å². The molecule has 0 radical (unpaired) electrons. The minimum absolute atomic E-state index is 0.0154. The molecule has 0 spiro atoms. The summed E-state index contributed by atoms with van der Waals surface area (Å²) in [6, 6.07) is 10.9. The number of aliphatic hydroxyl groups is 1. The molecule has 2 aromatic rings. The van der Waals surface area contributed by atoms with Crippen molar-refractivity contribution in [1.29, 1.82) is 0 Å². The molecule has 3 rings (SSSR count). The zero-order valence-corrected chi connectivity index (χ0v) is 19.9. The summed E-state index contributed by atoms with van der Waals surface area (Å²) in [6.07, 6.45) is -0.0646. The molecule has 0 aliphatic carbocycles. The second kappa shape index (κ2) is 10.7. The number of carbonyl (C=O) groups excluding carboxylic acids is 2. The molecular formula is C25H28ClNO6. The van der Waals surface area contributed by atoms with Gasteiger partial charge in [-0.25, -0.2) is 0 Å². The van der Waals surface area contributed by atoms with E-state index < -0.39 is 17.7 Å². The third-order valence-electron chi connectivity index (χ3n) is 5.12. The molecule has 8 heteroatoms. The first kappa shape index (κ1) is 24.6. The van der Waals surface area contributed by atoms with Crippen LogP contribution in [0.15, 0.2) is 48.0 Å². The van der Waals surface area contributed by atoms with Crippen LogP contribution in [0.5, 0.6) is 11.5 Å². The number of methoxy groups -OCH3 is 1. The number of ether oxygens (including phenoxy) is 3. The van der Waals surface area contributed by atoms with Gasteiger partial charge in [-0.1, -0.05) is 29.8 Å². The fraction of sp³-hybridized carbons (Fsp3) is 0.360. The van der Waals surface area contributed by atoms with Crippen molar-refractivity contribution >= 4 is 29.1 Å². The van der Waals surface area contributed by atoms with Crippen molar-refractivity contribution in [2.75, 3.05) is 26.9 Å². The minimum atomic E-state index is -0.827. The fourth-order valence-corrected chi connectivity index (χ4v) is 3.94. The van der Waals surface area contributed by atoms with Gasteiger partial charge in [0, 0.05) is 24.2 Å². The van der Waals surface area contributed by atoms with Gasteiger partial charge in [-0.3, -0.25) is 9.59 Å². The third kappa shape index (κ3) is 5.31. The van der Waals surface area contributed by atoms with Crippen LogP contribution < -0.4 is 9.47 Å². The number of benzene rings is 2. The average Bonchev–Trinajstić information content (AvgIpc) is 3.03. The minimum Gasteiger partial charge on any atom is -0.507 e. The average molecular weight is 474 g/mol. The fourth-order valence-electron chi connectivity index (χ4n) is 3.75. The van der Waals surface area contributed by atoms with Gasteiger partial charge in [0.1, 0.15) is 5.76 Å². The number of aliphatic hydroxyl groups excluding tert-OH is 1. The summed E-state index contributed by atoms with van der Waals surface area (Å²) in [4.78, 5) is 27.4. The molecule has 1 unspecified atom stereocenters. The zero-order chi connectivity index (χ0) is 24.1. The monoisotopic (exact) mass is 473 g/mol. The maximum atomic E-state index is 13.0. The topological polar surface area (TPSA) is 85.3 Å². The Hall–Kier alpha value is -3.03. The quantitative estimate of drug-likeness (QED) is 0.325. The number of amides is 1. The molecule has 7 nitrogen and oxygen atoms in total. The van der Waals surface area contributed by atoms with Crippen molar-refractivity contribution in [1.82, 2.24) is 4.90 Å². The van der Waals surface area contributed by atoms with Crippen LogP contribution in [0.3, 0.4) is 0 Å². The van der Waals surface area contributed by atoms with Crippen LogP contribution in [0.4, 0.5) is 0 Å². The molecule has 1 fully saturated rings. The summed E-state index contributed by atoms with van der Waals surface area (Å²) < 4.78 is 16.8. The van der Waals surface area contributed by atoms with Crippen molar-refractivity contribution < 1.29 is 28.9 Å². The normalized spacial score (nSPS) is 17.6. The molecule has 0 aromatic heterocycles. The van der Waals surface area contributed by atoms with E-state index in [0.29, 0.717) is 34.3 Å². The van der Waals surface area contributed by atoms with Crippen LogP contribution >= 0.6 is 11.6 Å². The summed E-state index contributed by atoms with van der Waals surface area (Å²) in [5.74, 6) is -0.723. The highest BCUT2D eigenvalue weighted by atomic mass is 35.5. The summed E-state index contributed by atoms with van der Waals surface area (Å²) in [7, 11) is 1.52. The number of carbonyl (C=O) groups is 2. The van der Waals surface area contributed by atoms with E-state index in [-0.39, 0.29) is 30.6 Å². The van der Waals surface area contributed by atoms with Crippen molar-refractivity contribution in [3.05, 3.63) is 64.2 Å². The van der Waals surface area contributed by atoms with E-state index in [9.17, 15) is 14.7 Å². The predicted octanol–water partition coefficient (Wildman–Crippen LogP) is 4.59. The van der Waals surface area contributed by atoms with Crippen LogP contribution in [-0.4, -0.2) is 54.7 Å². The van der Waals surface area contributed by atoms with E-state index in [1.807, 2.05) is 20.8 Å². The van der Waals surface area contributed by atoms with E-state index in [1.165, 1.54) is 12.0 Å². The highest BCUT2D eigenvalue weighted by Gasteiger charge is 2.46. The van der Waals surface area contributed by atoms with Gasteiger partial charge >= 0.3 is 0 Å². The number of halogens is 1. The van der Waals surface area contributed by atoms with E-state index in [4.69, 9.17) is 25.8 Å². The van der Waals surface area contributed by atoms with Gasteiger partial charge in [0.25, 0.3) is 11.7 Å². The first-order valence-electron chi connectivity index (χ1n) is 10.7. The van der Waals surface area contributed by atoms with Gasteiger partial charge in [0.15, 0.2) is 11.5 Å². The SMILES string of the molecule is CCOc1cc(C2/C(=C(/O)c3cccc(Cl)c3)C(=O)C(=O)N2CCOC)ccc1OC(C)C. The van der Waals surface area contributed by atoms with Crippen molar-refractivity contribution in [2.24, 2.45) is 0 Å². The summed E-state index contributed by atoms with van der Waals surface area (Å²) in [6.45, 7) is 6.49. The second-order valence-electron chi connectivity index (χ2n) is 7.80. The van der Waals surface area contributed by atoms with Crippen molar-refractivity contribution in [3.8, 4) is 11.5 Å². The van der Waals surface area contributed by atoms with Crippen LogP contribution in [0.2, 0.25) is 5.02 Å². The Bertz CT molecular complexity index is 1060. The summed E-state index contributed by atoms with van der Waals surface area (Å²) >= 11 is 6.08. The Labute approximate surface area is 198 Å². The Balaban J connectivity index is 2.18. The zero-order valence-electron chi connectivity index (χ0n) is 19.1. The van der Waals surface area contributed by atoms with Crippen LogP contribution in [0.25, 0.3) is 5.76 Å². The van der Waals surface area contributed by atoms with Gasteiger partial charge in [0.05, 0.1) is 30.9 Å². The van der Waals surface area contributed by atoms with Crippen LogP contribution in [-0.2, 0) is 14.3 Å². The van der Waals surface area contributed by atoms with Crippen LogP contribution in [0, 0.1) is 0 Å². The Morgan fingerprint density at radius 3 is 2.55 bits per heavy atom. The maximum Gasteiger partial charge on any atom is 0.295 e. The first-order valence-corrected chi connectivity index (χ1v) is 11.1. The number of nitrogens with zero attached hydrogens (tertiary/aromatic N) is 1. The van der Waals surface area contributed by atoms with Gasteiger partial charge in [-0.15, -0.1) is 0 Å². The lowest BCUT2D eigenvalue weighted by Gasteiger charge is -2.26. The number of Topliss-reactive ketones (excluding diaryl/α,β-unsaturated/α-hetero) is 1. The van der Waals surface area contributed by atoms with E-state index in [0.717, 1.165) is 0 Å². The molecule has 1 heterocycles. The molecule has 1 amide bonds. The predicted molar refractivity (Wildman–Crippen MR) is 126 cm³/mol. The lowest BCUT2D eigenvalue weighted by molar-refractivity contribution is -0.140. The molecule has 1 atom stereocenters. The molecule has 1 saturated heterocycles. The standard InChI is InChI=1S/C25H28ClNO6/c1-5-32-20-14-16(9-10-19(20)33-15(2)3)22-21(23(28)17-7-6-8-18(26)13-17)24(29)25(30)27(22)11-12-31-4/h6-10,13-15,22,28H,5,11-12H2,1-4H3/b23-21-. The molecule has 1 aliphatic heterocycles. The lowest BCUT2D eigenvalue weighted by Crippen LogP contribution is -2.32. The van der Waals surface area contributed by atoms with E-state index in [2.05, 4.69) is 0 Å². The molecule has 1 N–H and O–H groups in total. The third-order valence-corrected chi connectivity index (χ3v) is 5.36. The molecule has 0 bridgehead atoms. The molecular weight excluding hydrogens is 446 g/mol. The van der Waals surface area contributed by atoms with Gasteiger partial charge in [-0.2, -0.15) is 0 Å². The highest BCUT2D eigenvalue weighted by Crippen LogP contribution is 2.42. The Morgan fingerprint density at radius 1 is 1.15 bits per heavy atom. The number of likely N-dealkylation sites (tertiary alicyclic amines) is 1. The Morgan fingerprint density at radius 2 is 1.91 bits per heavy atom. The number of rotatable bonds is 9. The summed E-state index contributed by atoms with van der Waals surface area (Å²) in [5, 5.41) is 11.5. The number of ketones is 1. The largest absolute Gasteiger partial charge is 0.507 e. The van der Waals surface area contributed by atoms with E-state index >= 15 is 0 Å². The number of hydrogen-bond acceptors (Lipinski definition) is 6. The molecule has 1 aliphatic rings. The Kier molecular flexibility index (Phi) is 8.00. The number of hydrogen-bond donors (Lipinski definition) is 1. The van der Waals surface area contributed by atoms with Gasteiger partial charge in [0.2, 0.25) is 0 Å². The summed E-state index contributed by atoms with van der Waals surface area (Å²) in [5.41, 5.74) is 0.939. The van der Waals surface area contributed by atoms with Crippen molar-refractivity contribution in [2.45, 2.75) is 32.9 Å². The van der Waals surface area contributed by atoms with Gasteiger partial charge in [-0.05, 0) is 50.6 Å². The van der Waals surface area contributed by atoms with Crippen LogP contribution in [0.1, 0.15) is 37.9 Å². The van der Waals surface area contributed by atoms with Crippen molar-refractivity contribution in [3.63, 3.8) is 0 Å². The molecule has 176 valence electrons. The maximum absolute atomic E-state index is 13.0. The lowest BCUT2D eigenvalue weighted by atomic mass is 9.95. The molecule has 0 saturated carbocycles. The first-order chi connectivity index (χ1) is 15.8.